The normalized spacial score (nSPS) is 20.6. The number of likely N-dealkylation sites (tertiary alicyclic amines) is 2. The number of carbonyl (C=O) groups is 3. The van der Waals surface area contributed by atoms with E-state index < -0.39 is 5.92 Å². The summed E-state index contributed by atoms with van der Waals surface area (Å²) in [7, 11) is 0. The van der Waals surface area contributed by atoms with E-state index in [-0.39, 0.29) is 47.2 Å². The highest BCUT2D eigenvalue weighted by Gasteiger charge is 2.50. The van der Waals surface area contributed by atoms with Gasteiger partial charge in [-0.15, -0.1) is 0 Å². The maximum Gasteiger partial charge on any atom is 0.276 e. The van der Waals surface area contributed by atoms with Crippen molar-refractivity contribution in [2.24, 2.45) is 11.3 Å². The average molecular weight is 524 g/mol. The topological polar surface area (TPSA) is 83.7 Å². The molecule has 2 fully saturated rings. The number of aromatic nitrogens is 1. The summed E-state index contributed by atoms with van der Waals surface area (Å²) in [6.45, 7) is 7.03. The van der Waals surface area contributed by atoms with E-state index in [4.69, 9.17) is 4.42 Å². The van der Waals surface area contributed by atoms with E-state index >= 15 is 0 Å². The molecule has 2 aliphatic heterocycles. The fourth-order valence-corrected chi connectivity index (χ4v) is 6.16. The third-order valence-electron chi connectivity index (χ3n) is 8.39. The molecule has 0 radical (unpaired) electrons. The molecule has 0 spiro atoms. The van der Waals surface area contributed by atoms with Crippen LogP contribution in [0.1, 0.15) is 55.2 Å². The van der Waals surface area contributed by atoms with Crippen LogP contribution in [-0.4, -0.2) is 57.6 Å². The van der Waals surface area contributed by atoms with Crippen molar-refractivity contribution in [3.05, 3.63) is 83.3 Å². The zero-order chi connectivity index (χ0) is 27.3. The summed E-state index contributed by atoms with van der Waals surface area (Å²) in [6, 6.07) is 17.4. The van der Waals surface area contributed by atoms with Crippen molar-refractivity contribution in [3.63, 3.8) is 0 Å². The van der Waals surface area contributed by atoms with Gasteiger partial charge in [0, 0.05) is 37.1 Å². The molecule has 1 aliphatic carbocycles. The van der Waals surface area contributed by atoms with Crippen LogP contribution in [0.2, 0.25) is 0 Å². The van der Waals surface area contributed by atoms with Gasteiger partial charge >= 0.3 is 0 Å². The van der Waals surface area contributed by atoms with Crippen LogP contribution in [0.25, 0.3) is 17.5 Å². The smallest absolute Gasteiger partial charge is 0.276 e. The number of hydrogen-bond donors (Lipinski definition) is 0. The Bertz CT molecular complexity index is 1470. The molecule has 6 rings (SSSR count). The lowest BCUT2D eigenvalue weighted by molar-refractivity contribution is -0.143. The highest BCUT2D eigenvalue weighted by molar-refractivity contribution is 6.03. The van der Waals surface area contributed by atoms with Gasteiger partial charge in [-0.1, -0.05) is 63.2 Å². The standard InChI is InChI=1S/C32H33N3O4/c1-32(2,3)26(16-28(36)23-13-21-11-7-8-12-22(21)14-23)30(37)34-17-25-15-24(34)18-35(25)31(38)27-19-39-29(33-27)20-9-5-4-6-10-20/h4-13,19,24-26H,14-18H2,1-3H3/t24-,25-,26+/m0/s1. The molecular weight excluding hydrogens is 490 g/mol. The first-order valence-electron chi connectivity index (χ1n) is 13.6. The number of Topliss-reactive ketones (excluding diaryl/α,β-unsaturated/α-hetero) is 1. The molecule has 3 aliphatic rings. The Morgan fingerprint density at radius 1 is 0.974 bits per heavy atom. The number of oxazole rings is 1. The predicted octanol–water partition coefficient (Wildman–Crippen LogP) is 5.03. The second-order valence-corrected chi connectivity index (χ2v) is 12.0. The number of rotatable bonds is 6. The van der Waals surface area contributed by atoms with Crippen LogP contribution in [0.3, 0.4) is 0 Å². The third-order valence-corrected chi connectivity index (χ3v) is 8.39. The van der Waals surface area contributed by atoms with E-state index in [9.17, 15) is 14.4 Å². The van der Waals surface area contributed by atoms with Crippen LogP contribution in [-0.2, 0) is 16.0 Å². The van der Waals surface area contributed by atoms with Crippen molar-refractivity contribution < 1.29 is 18.8 Å². The summed E-state index contributed by atoms with van der Waals surface area (Å²) in [6.07, 6.45) is 4.94. The minimum Gasteiger partial charge on any atom is -0.444 e. The molecule has 0 saturated carbocycles. The van der Waals surface area contributed by atoms with Gasteiger partial charge in [0.15, 0.2) is 11.5 Å². The molecule has 2 aromatic carbocycles. The lowest BCUT2D eigenvalue weighted by Gasteiger charge is -2.39. The van der Waals surface area contributed by atoms with Gasteiger partial charge in [0.2, 0.25) is 11.8 Å². The molecule has 0 N–H and O–H groups in total. The average Bonchev–Trinajstić information content (AvgIpc) is 3.73. The minimum absolute atomic E-state index is 0.0133. The first-order valence-corrected chi connectivity index (χ1v) is 13.6. The van der Waals surface area contributed by atoms with E-state index in [1.54, 1.807) is 0 Å². The van der Waals surface area contributed by atoms with Crippen LogP contribution < -0.4 is 0 Å². The minimum atomic E-state index is -0.429. The van der Waals surface area contributed by atoms with Crippen molar-refractivity contribution in [2.45, 2.75) is 52.1 Å². The molecule has 3 heterocycles. The van der Waals surface area contributed by atoms with Gasteiger partial charge in [0.1, 0.15) is 6.26 Å². The summed E-state index contributed by atoms with van der Waals surface area (Å²) >= 11 is 0. The molecule has 2 saturated heterocycles. The third kappa shape index (κ3) is 4.71. The summed E-state index contributed by atoms with van der Waals surface area (Å²) in [4.78, 5) is 48.7. The fourth-order valence-electron chi connectivity index (χ4n) is 6.16. The van der Waals surface area contributed by atoms with E-state index in [0.29, 0.717) is 25.4 Å². The van der Waals surface area contributed by atoms with Gasteiger partial charge in [-0.25, -0.2) is 4.98 Å². The largest absolute Gasteiger partial charge is 0.444 e. The van der Waals surface area contributed by atoms with Crippen molar-refractivity contribution in [1.82, 2.24) is 14.8 Å². The first-order chi connectivity index (χ1) is 18.7. The second kappa shape index (κ2) is 9.63. The first kappa shape index (κ1) is 25.3. The number of ketones is 1. The monoisotopic (exact) mass is 523 g/mol. The van der Waals surface area contributed by atoms with E-state index in [2.05, 4.69) is 4.98 Å². The van der Waals surface area contributed by atoms with Gasteiger partial charge < -0.3 is 14.2 Å². The van der Waals surface area contributed by atoms with Crippen molar-refractivity contribution in [2.75, 3.05) is 13.1 Å². The lowest BCUT2D eigenvalue weighted by Crippen LogP contribution is -2.53. The maximum atomic E-state index is 13.9. The molecule has 2 amide bonds. The number of amides is 2. The molecule has 200 valence electrons. The van der Waals surface area contributed by atoms with Gasteiger partial charge in [-0.2, -0.15) is 0 Å². The highest BCUT2D eigenvalue weighted by Crippen LogP contribution is 2.38. The molecule has 3 aromatic rings. The Morgan fingerprint density at radius 3 is 2.36 bits per heavy atom. The summed E-state index contributed by atoms with van der Waals surface area (Å²) in [5.41, 5.74) is 3.75. The van der Waals surface area contributed by atoms with Crippen molar-refractivity contribution in [3.8, 4) is 11.5 Å². The molecule has 7 heteroatoms. The number of piperazine rings is 1. The molecule has 7 nitrogen and oxygen atoms in total. The summed E-state index contributed by atoms with van der Waals surface area (Å²) in [5.74, 6) is -0.128. The number of fused-ring (bicyclic) bond motifs is 3. The van der Waals surface area contributed by atoms with Crippen LogP contribution in [0, 0.1) is 11.3 Å². The fraction of sp³-hybridized carbons (Fsp3) is 0.375. The Kier molecular flexibility index (Phi) is 6.25. The molecule has 39 heavy (non-hydrogen) atoms. The SMILES string of the molecule is CC(C)(C)[C@H](CC(=O)C1=Cc2ccccc2C1)C(=O)N1C[C@@H]2C[C@H]1CN2C(=O)c1coc(-c2ccccc2)n1. The van der Waals surface area contributed by atoms with Gasteiger partial charge in [-0.3, -0.25) is 14.4 Å². The van der Waals surface area contributed by atoms with Crippen LogP contribution >= 0.6 is 0 Å². The van der Waals surface area contributed by atoms with E-state index in [1.165, 1.54) is 6.26 Å². The van der Waals surface area contributed by atoms with Gasteiger partial charge in [0.05, 0.1) is 18.0 Å². The van der Waals surface area contributed by atoms with Crippen LogP contribution in [0.15, 0.2) is 70.9 Å². The second-order valence-electron chi connectivity index (χ2n) is 12.0. The Labute approximate surface area is 228 Å². The summed E-state index contributed by atoms with van der Waals surface area (Å²) in [5, 5.41) is 0. The number of benzene rings is 2. The van der Waals surface area contributed by atoms with Crippen molar-refractivity contribution in [1.29, 1.82) is 0 Å². The Morgan fingerprint density at radius 2 is 1.67 bits per heavy atom. The zero-order valence-corrected chi connectivity index (χ0v) is 22.6. The predicted molar refractivity (Wildman–Crippen MR) is 148 cm³/mol. The molecule has 1 aromatic heterocycles. The summed E-state index contributed by atoms with van der Waals surface area (Å²) < 4.78 is 5.58. The maximum absolute atomic E-state index is 13.9. The van der Waals surface area contributed by atoms with Gasteiger partial charge in [-0.05, 0) is 41.2 Å². The molecule has 3 atom stereocenters. The lowest BCUT2D eigenvalue weighted by atomic mass is 9.76. The highest BCUT2D eigenvalue weighted by atomic mass is 16.3. The molecule has 0 unspecified atom stereocenters. The number of nitrogens with zero attached hydrogens (tertiary/aromatic N) is 3. The number of carbonyl (C=O) groups excluding carboxylic acids is 3. The number of hydrogen-bond acceptors (Lipinski definition) is 5. The van der Waals surface area contributed by atoms with E-state index in [0.717, 1.165) is 28.7 Å². The quantitative estimate of drug-likeness (QED) is 0.453. The molecule has 2 bridgehead atoms. The molecular formula is C32H33N3O4. The Hall–Kier alpha value is -4.00. The van der Waals surface area contributed by atoms with Crippen LogP contribution in [0.4, 0.5) is 0 Å². The zero-order valence-electron chi connectivity index (χ0n) is 22.6. The number of allylic oxidation sites excluding steroid dienone is 1. The van der Waals surface area contributed by atoms with Gasteiger partial charge in [0.25, 0.3) is 5.91 Å². The van der Waals surface area contributed by atoms with Crippen LogP contribution in [0.5, 0.6) is 0 Å². The Balaban J connectivity index is 1.12. The van der Waals surface area contributed by atoms with E-state index in [1.807, 2.05) is 91.2 Å². The van der Waals surface area contributed by atoms with Crippen molar-refractivity contribution >= 4 is 23.7 Å².